The Balaban J connectivity index is 1.77. The Hall–Kier alpha value is -1.47. The molecule has 2 rings (SSSR count). The Morgan fingerprint density at radius 1 is 1.25 bits per heavy atom. The fraction of sp³-hybridized carbons (Fsp3) is 0.538. The fourth-order valence-corrected chi connectivity index (χ4v) is 2.72. The second kappa shape index (κ2) is 7.35. The zero-order valence-corrected chi connectivity index (χ0v) is 12.1. The van der Waals surface area contributed by atoms with Crippen LogP contribution in [0.3, 0.4) is 0 Å². The molecule has 2 N–H and O–H groups in total. The summed E-state index contributed by atoms with van der Waals surface area (Å²) in [5.74, 6) is 1.61. The summed E-state index contributed by atoms with van der Waals surface area (Å²) >= 11 is 1.55. The van der Waals surface area contributed by atoms with Gasteiger partial charge < -0.3 is 20.0 Å². The van der Waals surface area contributed by atoms with Crippen molar-refractivity contribution in [2.45, 2.75) is 0 Å². The average molecular weight is 297 g/mol. The summed E-state index contributed by atoms with van der Waals surface area (Å²) in [4.78, 5) is 27.5. The third-order valence-electron chi connectivity index (χ3n) is 3.14. The molecule has 0 spiro atoms. The van der Waals surface area contributed by atoms with E-state index in [2.05, 4.69) is 0 Å². The van der Waals surface area contributed by atoms with Crippen LogP contribution in [0.2, 0.25) is 0 Å². The highest BCUT2D eigenvalue weighted by Gasteiger charge is 2.25. The van der Waals surface area contributed by atoms with Crippen molar-refractivity contribution in [3.63, 3.8) is 0 Å². The van der Waals surface area contributed by atoms with Crippen LogP contribution in [-0.2, 0) is 4.79 Å². The molecule has 0 aromatic carbocycles. The van der Waals surface area contributed by atoms with E-state index in [-0.39, 0.29) is 11.8 Å². The highest BCUT2D eigenvalue weighted by Crippen LogP contribution is 2.10. The van der Waals surface area contributed by atoms with E-state index in [1.807, 2.05) is 0 Å². The first-order valence-corrected chi connectivity index (χ1v) is 7.76. The second-order valence-electron chi connectivity index (χ2n) is 4.49. The van der Waals surface area contributed by atoms with Gasteiger partial charge in [-0.05, 0) is 12.1 Å². The summed E-state index contributed by atoms with van der Waals surface area (Å²) in [6, 6.07) is 3.35. The molecule has 2 heterocycles. The minimum atomic E-state index is -0.111. The number of amides is 2. The van der Waals surface area contributed by atoms with Gasteiger partial charge in [0.2, 0.25) is 5.91 Å². The quantitative estimate of drug-likeness (QED) is 0.788. The maximum absolute atomic E-state index is 12.1. The number of hydrogen-bond donors (Lipinski definition) is 1. The van der Waals surface area contributed by atoms with Crippen LogP contribution in [0.5, 0.6) is 0 Å². The molecule has 1 aliphatic heterocycles. The van der Waals surface area contributed by atoms with E-state index in [0.717, 1.165) is 5.75 Å². The van der Waals surface area contributed by atoms with Gasteiger partial charge in [-0.3, -0.25) is 9.59 Å². The Bertz CT molecular complexity index is 442. The lowest BCUT2D eigenvalue weighted by Crippen LogP contribution is -2.51. The third kappa shape index (κ3) is 3.77. The molecule has 7 heteroatoms. The molecule has 1 aliphatic rings. The van der Waals surface area contributed by atoms with Crippen molar-refractivity contribution in [3.05, 3.63) is 24.2 Å². The maximum atomic E-state index is 12.1. The number of piperazine rings is 1. The van der Waals surface area contributed by atoms with E-state index >= 15 is 0 Å². The monoisotopic (exact) mass is 297 g/mol. The van der Waals surface area contributed by atoms with E-state index < -0.39 is 0 Å². The maximum Gasteiger partial charge on any atom is 0.289 e. The van der Waals surface area contributed by atoms with Crippen molar-refractivity contribution in [1.29, 1.82) is 0 Å². The Kier molecular flexibility index (Phi) is 5.49. The molecular weight excluding hydrogens is 278 g/mol. The number of nitrogens with zero attached hydrogens (tertiary/aromatic N) is 2. The molecule has 0 bridgehead atoms. The summed E-state index contributed by atoms with van der Waals surface area (Å²) in [6.45, 7) is 2.84. The highest BCUT2D eigenvalue weighted by molar-refractivity contribution is 7.99. The van der Waals surface area contributed by atoms with Crippen molar-refractivity contribution in [3.8, 4) is 0 Å². The predicted molar refractivity (Wildman–Crippen MR) is 77.6 cm³/mol. The standard InChI is InChI=1S/C13H19N3O3S/c14-3-9-20-10-12(17)15-4-6-16(7-5-15)13(18)11-2-1-8-19-11/h1-2,8H,3-7,9-10,14H2. The Morgan fingerprint density at radius 2 is 1.95 bits per heavy atom. The van der Waals surface area contributed by atoms with Crippen LogP contribution in [0, 0.1) is 0 Å². The zero-order valence-electron chi connectivity index (χ0n) is 11.3. The largest absolute Gasteiger partial charge is 0.459 e. The number of carbonyl (C=O) groups is 2. The van der Waals surface area contributed by atoms with Crippen LogP contribution in [0.1, 0.15) is 10.6 Å². The van der Waals surface area contributed by atoms with Gasteiger partial charge >= 0.3 is 0 Å². The molecule has 1 aromatic rings. The Morgan fingerprint density at radius 3 is 2.55 bits per heavy atom. The summed E-state index contributed by atoms with van der Waals surface area (Å²) in [6.07, 6.45) is 1.49. The van der Waals surface area contributed by atoms with Gasteiger partial charge in [0.15, 0.2) is 5.76 Å². The zero-order chi connectivity index (χ0) is 14.4. The SMILES string of the molecule is NCCSCC(=O)N1CCN(C(=O)c2ccco2)CC1. The predicted octanol–water partition coefficient (Wildman–Crippen LogP) is 0.256. The molecule has 1 aromatic heterocycles. The topological polar surface area (TPSA) is 79.8 Å². The molecule has 0 unspecified atom stereocenters. The van der Waals surface area contributed by atoms with E-state index in [0.29, 0.717) is 44.2 Å². The molecule has 6 nitrogen and oxygen atoms in total. The van der Waals surface area contributed by atoms with Crippen molar-refractivity contribution >= 4 is 23.6 Å². The van der Waals surface area contributed by atoms with E-state index in [1.165, 1.54) is 6.26 Å². The van der Waals surface area contributed by atoms with Crippen LogP contribution in [0.15, 0.2) is 22.8 Å². The molecule has 2 amide bonds. The summed E-state index contributed by atoms with van der Waals surface area (Å²) in [5, 5.41) is 0. The van der Waals surface area contributed by atoms with Gasteiger partial charge in [0.25, 0.3) is 5.91 Å². The minimum absolute atomic E-state index is 0.111. The van der Waals surface area contributed by atoms with Crippen molar-refractivity contribution < 1.29 is 14.0 Å². The van der Waals surface area contributed by atoms with Gasteiger partial charge in [-0.1, -0.05) is 0 Å². The number of hydrogen-bond acceptors (Lipinski definition) is 5. The van der Waals surface area contributed by atoms with Crippen LogP contribution >= 0.6 is 11.8 Å². The minimum Gasteiger partial charge on any atom is -0.459 e. The first-order chi connectivity index (χ1) is 9.72. The molecule has 0 aliphatic carbocycles. The van der Waals surface area contributed by atoms with Crippen LogP contribution in [0.25, 0.3) is 0 Å². The smallest absolute Gasteiger partial charge is 0.289 e. The summed E-state index contributed by atoms with van der Waals surface area (Å²) < 4.78 is 5.10. The first-order valence-electron chi connectivity index (χ1n) is 6.60. The molecule has 0 saturated carbocycles. The number of carbonyl (C=O) groups excluding carboxylic acids is 2. The first kappa shape index (κ1) is 14.9. The number of nitrogens with two attached hydrogens (primary N) is 1. The highest BCUT2D eigenvalue weighted by atomic mass is 32.2. The van der Waals surface area contributed by atoms with Crippen LogP contribution in [0.4, 0.5) is 0 Å². The van der Waals surface area contributed by atoms with E-state index in [4.69, 9.17) is 10.2 Å². The fourth-order valence-electron chi connectivity index (χ4n) is 2.05. The summed E-state index contributed by atoms with van der Waals surface area (Å²) in [7, 11) is 0. The van der Waals surface area contributed by atoms with Crippen molar-refractivity contribution in [2.24, 2.45) is 5.73 Å². The van der Waals surface area contributed by atoms with E-state index in [1.54, 1.807) is 33.7 Å². The molecule has 110 valence electrons. The van der Waals surface area contributed by atoms with Gasteiger partial charge in [-0.2, -0.15) is 11.8 Å². The molecule has 0 atom stereocenters. The Labute approximate surface area is 122 Å². The van der Waals surface area contributed by atoms with E-state index in [9.17, 15) is 9.59 Å². The van der Waals surface area contributed by atoms with Gasteiger partial charge in [0, 0.05) is 38.5 Å². The van der Waals surface area contributed by atoms with Gasteiger partial charge in [-0.15, -0.1) is 0 Å². The molecule has 0 radical (unpaired) electrons. The molecule has 1 saturated heterocycles. The number of furan rings is 1. The van der Waals surface area contributed by atoms with Crippen LogP contribution < -0.4 is 5.73 Å². The third-order valence-corrected chi connectivity index (χ3v) is 4.11. The average Bonchev–Trinajstić information content (AvgIpc) is 3.01. The normalized spacial score (nSPS) is 15.4. The van der Waals surface area contributed by atoms with Gasteiger partial charge in [0.05, 0.1) is 12.0 Å². The van der Waals surface area contributed by atoms with Gasteiger partial charge in [0.1, 0.15) is 0 Å². The number of rotatable bonds is 5. The lowest BCUT2D eigenvalue weighted by Gasteiger charge is -2.34. The van der Waals surface area contributed by atoms with Gasteiger partial charge in [-0.25, -0.2) is 0 Å². The van der Waals surface area contributed by atoms with Crippen molar-refractivity contribution in [2.75, 3.05) is 44.2 Å². The van der Waals surface area contributed by atoms with Crippen molar-refractivity contribution in [1.82, 2.24) is 9.80 Å². The van der Waals surface area contributed by atoms with Crippen LogP contribution in [-0.4, -0.2) is 65.8 Å². The molecular formula is C13H19N3O3S. The molecule has 1 fully saturated rings. The lowest BCUT2D eigenvalue weighted by molar-refractivity contribution is -0.129. The second-order valence-corrected chi connectivity index (χ2v) is 5.60. The number of thioether (sulfide) groups is 1. The molecule has 20 heavy (non-hydrogen) atoms. The lowest BCUT2D eigenvalue weighted by atomic mass is 10.3. The summed E-state index contributed by atoms with van der Waals surface area (Å²) in [5.41, 5.74) is 5.39.